The van der Waals surface area contributed by atoms with Gasteiger partial charge in [-0.05, 0) is 6.92 Å². The summed E-state index contributed by atoms with van der Waals surface area (Å²) in [5.74, 6) is 0. The molecule has 63 valence electrons. The largest absolute Gasteiger partial charge is 0.391 e. The normalized spacial score (nSPS) is 28.2. The first-order chi connectivity index (χ1) is 5.25. The van der Waals surface area contributed by atoms with E-state index in [0.29, 0.717) is 13.1 Å². The van der Waals surface area contributed by atoms with Crippen LogP contribution in [0.2, 0.25) is 0 Å². The standard InChI is InChI=1S/C7H13N2O2/c1-6(11)7-4-8-2-3-9(7)5-10/h6-8,11H,2-4H2,1H3. The highest BCUT2D eigenvalue weighted by Gasteiger charge is 2.24. The average Bonchev–Trinajstić information content (AvgIpc) is 2.04. The van der Waals surface area contributed by atoms with E-state index in [9.17, 15) is 9.90 Å². The second kappa shape index (κ2) is 3.69. The lowest BCUT2D eigenvalue weighted by atomic mass is 10.1. The van der Waals surface area contributed by atoms with Gasteiger partial charge in [0.2, 0.25) is 0 Å². The number of piperazine rings is 1. The molecule has 1 fully saturated rings. The number of amides is 1. The van der Waals surface area contributed by atoms with Crippen LogP contribution in [0.1, 0.15) is 6.92 Å². The topological polar surface area (TPSA) is 52.6 Å². The molecule has 2 N–H and O–H groups in total. The van der Waals surface area contributed by atoms with Crippen LogP contribution in [-0.2, 0) is 4.79 Å². The van der Waals surface area contributed by atoms with Crippen LogP contribution in [0.15, 0.2) is 0 Å². The lowest BCUT2D eigenvalue weighted by Crippen LogP contribution is -2.54. The zero-order valence-corrected chi connectivity index (χ0v) is 6.58. The molecule has 4 nitrogen and oxygen atoms in total. The van der Waals surface area contributed by atoms with Gasteiger partial charge in [-0.15, -0.1) is 0 Å². The van der Waals surface area contributed by atoms with Crippen LogP contribution in [0.3, 0.4) is 0 Å². The quantitative estimate of drug-likeness (QED) is 0.524. The summed E-state index contributed by atoms with van der Waals surface area (Å²) in [7, 11) is 0. The van der Waals surface area contributed by atoms with Crippen LogP contribution < -0.4 is 5.32 Å². The summed E-state index contributed by atoms with van der Waals surface area (Å²) >= 11 is 0. The van der Waals surface area contributed by atoms with Crippen molar-refractivity contribution in [2.75, 3.05) is 19.6 Å². The van der Waals surface area contributed by atoms with E-state index < -0.39 is 6.10 Å². The van der Waals surface area contributed by atoms with Crippen LogP contribution in [0, 0.1) is 0 Å². The molecule has 0 bridgehead atoms. The van der Waals surface area contributed by atoms with Crippen LogP contribution in [-0.4, -0.2) is 48.2 Å². The van der Waals surface area contributed by atoms with Gasteiger partial charge in [0.1, 0.15) is 0 Å². The van der Waals surface area contributed by atoms with Crippen molar-refractivity contribution in [3.63, 3.8) is 0 Å². The van der Waals surface area contributed by atoms with E-state index >= 15 is 0 Å². The van der Waals surface area contributed by atoms with Crippen molar-refractivity contribution in [3.8, 4) is 0 Å². The summed E-state index contributed by atoms with van der Waals surface area (Å²) in [6.07, 6.45) is 1.34. The lowest BCUT2D eigenvalue weighted by molar-refractivity contribution is 0.0830. The minimum absolute atomic E-state index is 0.110. The number of rotatable bonds is 2. The highest BCUT2D eigenvalue weighted by atomic mass is 16.3. The first-order valence-electron chi connectivity index (χ1n) is 3.79. The predicted molar refractivity (Wildman–Crippen MR) is 40.7 cm³/mol. The molecule has 1 rings (SSSR count). The molecular formula is C7H13N2O2. The highest BCUT2D eigenvalue weighted by Crippen LogP contribution is 2.04. The molecule has 1 radical (unpaired) electrons. The van der Waals surface area contributed by atoms with Crippen LogP contribution >= 0.6 is 0 Å². The number of aliphatic hydroxyl groups is 1. The SMILES string of the molecule is CC(O)C1CNCCN1[C]=O. The highest BCUT2D eigenvalue weighted by molar-refractivity contribution is 5.49. The Labute approximate surface area is 66.2 Å². The summed E-state index contributed by atoms with van der Waals surface area (Å²) in [4.78, 5) is 11.9. The first-order valence-corrected chi connectivity index (χ1v) is 3.79. The summed E-state index contributed by atoms with van der Waals surface area (Å²) in [6.45, 7) is 3.77. The number of nitrogens with zero attached hydrogens (tertiary/aromatic N) is 1. The van der Waals surface area contributed by atoms with Gasteiger partial charge in [0, 0.05) is 19.6 Å². The Hall–Kier alpha value is -0.610. The van der Waals surface area contributed by atoms with Gasteiger partial charge < -0.3 is 15.3 Å². The monoisotopic (exact) mass is 157 g/mol. The Bertz CT molecular complexity index is 138. The molecule has 1 aliphatic rings. The molecule has 1 amide bonds. The third-order valence-electron chi connectivity index (χ3n) is 1.96. The van der Waals surface area contributed by atoms with Gasteiger partial charge in [0.25, 0.3) is 0 Å². The fourth-order valence-electron chi connectivity index (χ4n) is 1.27. The maximum atomic E-state index is 10.3. The molecule has 11 heavy (non-hydrogen) atoms. The van der Waals surface area contributed by atoms with Crippen molar-refractivity contribution in [1.82, 2.24) is 10.2 Å². The van der Waals surface area contributed by atoms with E-state index in [4.69, 9.17) is 0 Å². The van der Waals surface area contributed by atoms with Crippen molar-refractivity contribution in [1.29, 1.82) is 0 Å². The molecular weight excluding hydrogens is 144 g/mol. The summed E-state index contributed by atoms with van der Waals surface area (Å²) in [5.41, 5.74) is 0. The van der Waals surface area contributed by atoms with Crippen molar-refractivity contribution in [2.24, 2.45) is 0 Å². The van der Waals surface area contributed by atoms with Gasteiger partial charge >= 0.3 is 6.41 Å². The Morgan fingerprint density at radius 1 is 1.82 bits per heavy atom. The molecule has 1 aliphatic heterocycles. The van der Waals surface area contributed by atoms with Crippen LogP contribution in [0.4, 0.5) is 0 Å². The zero-order valence-electron chi connectivity index (χ0n) is 6.58. The second-order valence-corrected chi connectivity index (χ2v) is 2.80. The Balaban J connectivity index is 2.51. The molecule has 2 unspecified atom stereocenters. The first kappa shape index (κ1) is 8.49. The molecule has 0 saturated carbocycles. The molecule has 1 heterocycles. The van der Waals surface area contributed by atoms with Crippen LogP contribution in [0.5, 0.6) is 0 Å². The molecule has 0 aromatic carbocycles. The molecule has 0 aliphatic carbocycles. The minimum Gasteiger partial charge on any atom is -0.391 e. The molecule has 0 spiro atoms. The molecule has 0 aromatic rings. The fraction of sp³-hybridized carbons (Fsp3) is 0.857. The van der Waals surface area contributed by atoms with Gasteiger partial charge in [-0.1, -0.05) is 0 Å². The maximum absolute atomic E-state index is 10.3. The van der Waals surface area contributed by atoms with Gasteiger partial charge in [0.05, 0.1) is 12.1 Å². The van der Waals surface area contributed by atoms with Crippen molar-refractivity contribution >= 4 is 6.41 Å². The van der Waals surface area contributed by atoms with Gasteiger partial charge in [-0.2, -0.15) is 0 Å². The zero-order chi connectivity index (χ0) is 8.27. The average molecular weight is 157 g/mol. The van der Waals surface area contributed by atoms with Crippen LogP contribution in [0.25, 0.3) is 0 Å². The molecule has 1 saturated heterocycles. The van der Waals surface area contributed by atoms with Crippen molar-refractivity contribution < 1.29 is 9.90 Å². The summed E-state index contributed by atoms with van der Waals surface area (Å²) < 4.78 is 0. The van der Waals surface area contributed by atoms with Gasteiger partial charge in [-0.25, -0.2) is 0 Å². The number of hydrogen-bond donors (Lipinski definition) is 2. The van der Waals surface area contributed by atoms with E-state index in [1.165, 1.54) is 4.90 Å². The van der Waals surface area contributed by atoms with E-state index in [2.05, 4.69) is 5.32 Å². The maximum Gasteiger partial charge on any atom is 0.312 e. The van der Waals surface area contributed by atoms with Gasteiger partial charge in [-0.3, -0.25) is 4.79 Å². The third kappa shape index (κ3) is 1.91. The smallest absolute Gasteiger partial charge is 0.312 e. The Morgan fingerprint density at radius 3 is 3.00 bits per heavy atom. The fourth-order valence-corrected chi connectivity index (χ4v) is 1.27. The summed E-state index contributed by atoms with van der Waals surface area (Å²) in [5, 5.41) is 12.3. The van der Waals surface area contributed by atoms with E-state index in [1.54, 1.807) is 6.92 Å². The third-order valence-corrected chi connectivity index (χ3v) is 1.96. The predicted octanol–water partition coefficient (Wildman–Crippen LogP) is -1.29. The second-order valence-electron chi connectivity index (χ2n) is 2.80. The van der Waals surface area contributed by atoms with Gasteiger partial charge in [0.15, 0.2) is 0 Å². The lowest BCUT2D eigenvalue weighted by Gasteiger charge is -2.34. The number of carbonyl (C=O) groups excluding carboxylic acids is 1. The van der Waals surface area contributed by atoms with E-state index in [-0.39, 0.29) is 6.04 Å². The summed E-state index contributed by atoms with van der Waals surface area (Å²) in [6, 6.07) is -0.110. The Kier molecular flexibility index (Phi) is 2.84. The molecule has 2 atom stereocenters. The number of aliphatic hydroxyl groups excluding tert-OH is 1. The van der Waals surface area contributed by atoms with Crippen molar-refractivity contribution in [2.45, 2.75) is 19.1 Å². The van der Waals surface area contributed by atoms with E-state index in [1.807, 2.05) is 6.41 Å². The molecule has 0 aromatic heterocycles. The minimum atomic E-state index is -0.482. The number of nitrogens with one attached hydrogen (secondary N) is 1. The number of hydrogen-bond acceptors (Lipinski definition) is 3. The Morgan fingerprint density at radius 2 is 2.55 bits per heavy atom. The molecule has 4 heteroatoms. The van der Waals surface area contributed by atoms with E-state index in [0.717, 1.165) is 6.54 Å². The van der Waals surface area contributed by atoms with Crippen molar-refractivity contribution in [3.05, 3.63) is 0 Å².